The number of nitrogens with one attached hydrogen (secondary N) is 1. The lowest BCUT2D eigenvalue weighted by Gasteiger charge is -2.19. The maximum Gasteiger partial charge on any atom is 0.161 e. The van der Waals surface area contributed by atoms with E-state index in [9.17, 15) is 0 Å². The van der Waals surface area contributed by atoms with Crippen LogP contribution >= 0.6 is 11.8 Å². The average molecular weight is 276 g/mol. The maximum absolute atomic E-state index is 4.72. The number of benzene rings is 1. The Bertz CT molecular complexity index is 455. The molecule has 1 aromatic carbocycles. The predicted molar refractivity (Wildman–Crippen MR) is 87.3 cm³/mol. The molecule has 3 heteroatoms. The Balaban J connectivity index is 2.03. The highest BCUT2D eigenvalue weighted by Crippen LogP contribution is 2.26. The smallest absolute Gasteiger partial charge is 0.161 e. The van der Waals surface area contributed by atoms with Crippen LogP contribution in [0.2, 0.25) is 0 Å². The van der Waals surface area contributed by atoms with Gasteiger partial charge in [0.05, 0.1) is 6.04 Å². The minimum absolute atomic E-state index is 0.209. The molecule has 0 amide bonds. The van der Waals surface area contributed by atoms with E-state index >= 15 is 0 Å². The minimum Gasteiger partial charge on any atom is -0.335 e. The normalized spacial score (nSPS) is 19.7. The lowest BCUT2D eigenvalue weighted by atomic mass is 9.87. The van der Waals surface area contributed by atoms with Crippen LogP contribution in [0.15, 0.2) is 29.3 Å². The van der Waals surface area contributed by atoms with E-state index < -0.39 is 0 Å². The van der Waals surface area contributed by atoms with Gasteiger partial charge in [-0.25, -0.2) is 0 Å². The largest absolute Gasteiger partial charge is 0.335 e. The van der Waals surface area contributed by atoms with Crippen molar-refractivity contribution in [1.82, 2.24) is 0 Å². The summed E-state index contributed by atoms with van der Waals surface area (Å²) < 4.78 is 0. The second-order valence-corrected chi connectivity index (χ2v) is 7.52. The number of amidine groups is 1. The second-order valence-electron chi connectivity index (χ2n) is 6.51. The molecule has 0 radical (unpaired) electrons. The molecular weight excluding hydrogens is 252 g/mol. The number of thioether (sulfide) groups is 1. The number of anilines is 1. The molecule has 2 rings (SSSR count). The van der Waals surface area contributed by atoms with Gasteiger partial charge in [-0.15, -0.1) is 0 Å². The highest BCUT2D eigenvalue weighted by Gasteiger charge is 2.21. The lowest BCUT2D eigenvalue weighted by molar-refractivity contribution is 0.543. The molecule has 1 aromatic rings. The molecule has 0 fully saturated rings. The van der Waals surface area contributed by atoms with Crippen LogP contribution in [-0.2, 0) is 5.41 Å². The fourth-order valence-corrected chi connectivity index (χ4v) is 3.16. The van der Waals surface area contributed by atoms with Gasteiger partial charge in [0, 0.05) is 11.4 Å². The molecule has 1 atom stereocenters. The third-order valence-electron chi connectivity index (χ3n) is 3.45. The molecule has 1 unspecified atom stereocenters. The molecule has 0 bridgehead atoms. The number of nitrogens with zero attached hydrogens (tertiary/aromatic N) is 1. The molecule has 0 aromatic heterocycles. The fourth-order valence-electron chi connectivity index (χ4n) is 1.98. The van der Waals surface area contributed by atoms with E-state index in [2.05, 4.69) is 64.2 Å². The van der Waals surface area contributed by atoms with Crippen LogP contribution < -0.4 is 5.32 Å². The van der Waals surface area contributed by atoms with Crippen molar-refractivity contribution < 1.29 is 0 Å². The third-order valence-corrected chi connectivity index (χ3v) is 4.43. The van der Waals surface area contributed by atoms with Gasteiger partial charge in [0.15, 0.2) is 5.17 Å². The first-order chi connectivity index (χ1) is 8.86. The molecule has 2 nitrogen and oxygen atoms in total. The zero-order valence-electron chi connectivity index (χ0n) is 12.5. The Morgan fingerprint density at radius 1 is 1.21 bits per heavy atom. The molecule has 1 N–H and O–H groups in total. The van der Waals surface area contributed by atoms with Crippen molar-refractivity contribution in [3.05, 3.63) is 29.8 Å². The summed E-state index contributed by atoms with van der Waals surface area (Å²) in [5.74, 6) is 1.72. The van der Waals surface area contributed by atoms with E-state index in [1.54, 1.807) is 0 Å². The van der Waals surface area contributed by atoms with E-state index in [1.165, 1.54) is 5.56 Å². The van der Waals surface area contributed by atoms with Gasteiger partial charge < -0.3 is 5.32 Å². The summed E-state index contributed by atoms with van der Waals surface area (Å²) in [7, 11) is 0. The zero-order valence-corrected chi connectivity index (χ0v) is 13.3. The Labute approximate surface area is 121 Å². The van der Waals surface area contributed by atoms with E-state index in [0.717, 1.165) is 16.6 Å². The van der Waals surface area contributed by atoms with Crippen LogP contribution in [-0.4, -0.2) is 17.0 Å². The van der Waals surface area contributed by atoms with E-state index in [1.807, 2.05) is 11.8 Å². The summed E-state index contributed by atoms with van der Waals surface area (Å²) in [4.78, 5) is 4.72. The number of rotatable bonds is 2. The third kappa shape index (κ3) is 3.75. The summed E-state index contributed by atoms with van der Waals surface area (Å²) in [5.41, 5.74) is 2.70. The summed E-state index contributed by atoms with van der Waals surface area (Å²) in [6, 6.07) is 9.14. The monoisotopic (exact) mass is 276 g/mol. The first-order valence-electron chi connectivity index (χ1n) is 6.94. The van der Waals surface area contributed by atoms with Crippen LogP contribution in [0.4, 0.5) is 5.69 Å². The molecule has 0 saturated carbocycles. The molecular formula is C16H24N2S. The SMILES string of the molecule is CC(C)C1CSC(Nc2ccc(C(C)(C)C)cc2)=N1. The topological polar surface area (TPSA) is 24.4 Å². The van der Waals surface area contributed by atoms with Gasteiger partial charge >= 0.3 is 0 Å². The molecule has 19 heavy (non-hydrogen) atoms. The van der Waals surface area contributed by atoms with Gasteiger partial charge in [0.2, 0.25) is 0 Å². The van der Waals surface area contributed by atoms with Crippen molar-refractivity contribution in [3.63, 3.8) is 0 Å². The van der Waals surface area contributed by atoms with Crippen molar-refractivity contribution in [1.29, 1.82) is 0 Å². The molecule has 0 spiro atoms. The Hall–Kier alpha value is -0.960. The summed E-state index contributed by atoms with van der Waals surface area (Å²) in [5, 5.41) is 4.47. The molecule has 0 saturated heterocycles. The Morgan fingerprint density at radius 3 is 2.32 bits per heavy atom. The van der Waals surface area contributed by atoms with Crippen molar-refractivity contribution in [3.8, 4) is 0 Å². The quantitative estimate of drug-likeness (QED) is 0.858. The van der Waals surface area contributed by atoms with Crippen LogP contribution in [0.5, 0.6) is 0 Å². The summed E-state index contributed by atoms with van der Waals surface area (Å²) in [6.07, 6.45) is 0. The number of aliphatic imine (C=N–C) groups is 1. The van der Waals surface area contributed by atoms with Crippen LogP contribution in [0.1, 0.15) is 40.2 Å². The van der Waals surface area contributed by atoms with Gasteiger partial charge in [0.1, 0.15) is 0 Å². The summed E-state index contributed by atoms with van der Waals surface area (Å²) in [6.45, 7) is 11.2. The first kappa shape index (κ1) is 14.4. The van der Waals surface area contributed by atoms with Crippen molar-refractivity contribution >= 4 is 22.6 Å². The molecule has 104 valence electrons. The average Bonchev–Trinajstić information content (AvgIpc) is 2.77. The van der Waals surface area contributed by atoms with Gasteiger partial charge in [-0.3, -0.25) is 4.99 Å². The van der Waals surface area contributed by atoms with E-state index in [-0.39, 0.29) is 5.41 Å². The van der Waals surface area contributed by atoms with Gasteiger partial charge in [-0.1, -0.05) is 58.5 Å². The van der Waals surface area contributed by atoms with Crippen molar-refractivity contribution in [2.45, 2.75) is 46.1 Å². The maximum atomic E-state index is 4.72. The number of hydrogen-bond donors (Lipinski definition) is 1. The van der Waals surface area contributed by atoms with Crippen LogP contribution in [0.25, 0.3) is 0 Å². The predicted octanol–water partition coefficient (Wildman–Crippen LogP) is 4.52. The standard InChI is InChI=1S/C16H24N2S/c1-11(2)14-10-19-15(18-14)17-13-8-6-12(7-9-13)16(3,4)5/h6-9,11,14H,10H2,1-5H3,(H,17,18). The zero-order chi connectivity index (χ0) is 14.0. The Morgan fingerprint density at radius 2 is 1.84 bits per heavy atom. The van der Waals surface area contributed by atoms with Gasteiger partial charge in [-0.05, 0) is 29.0 Å². The second kappa shape index (κ2) is 5.58. The van der Waals surface area contributed by atoms with E-state index in [4.69, 9.17) is 4.99 Å². The highest BCUT2D eigenvalue weighted by atomic mass is 32.2. The first-order valence-corrected chi connectivity index (χ1v) is 7.93. The minimum atomic E-state index is 0.209. The Kier molecular flexibility index (Phi) is 4.24. The van der Waals surface area contributed by atoms with Crippen LogP contribution in [0.3, 0.4) is 0 Å². The molecule has 1 heterocycles. The fraction of sp³-hybridized carbons (Fsp3) is 0.562. The molecule has 0 aliphatic carbocycles. The number of hydrogen-bond acceptors (Lipinski definition) is 3. The van der Waals surface area contributed by atoms with Gasteiger partial charge in [0.25, 0.3) is 0 Å². The molecule has 1 aliphatic rings. The highest BCUT2D eigenvalue weighted by molar-refractivity contribution is 8.14. The summed E-state index contributed by atoms with van der Waals surface area (Å²) >= 11 is 1.82. The lowest BCUT2D eigenvalue weighted by Crippen LogP contribution is -2.12. The molecule has 1 aliphatic heterocycles. The van der Waals surface area contributed by atoms with Crippen LogP contribution in [0, 0.1) is 5.92 Å². The van der Waals surface area contributed by atoms with Gasteiger partial charge in [-0.2, -0.15) is 0 Å². The van der Waals surface area contributed by atoms with Crippen molar-refractivity contribution in [2.24, 2.45) is 10.9 Å². The van der Waals surface area contributed by atoms with Crippen molar-refractivity contribution in [2.75, 3.05) is 11.1 Å². The van der Waals surface area contributed by atoms with E-state index in [0.29, 0.717) is 12.0 Å².